The van der Waals surface area contributed by atoms with Gasteiger partial charge in [0, 0.05) is 19.4 Å². The molecule has 1 saturated heterocycles. The van der Waals surface area contributed by atoms with Crippen LogP contribution in [0.4, 0.5) is 5.69 Å². The third kappa shape index (κ3) is 4.98. The van der Waals surface area contributed by atoms with Crippen molar-refractivity contribution in [1.82, 2.24) is 9.21 Å². The van der Waals surface area contributed by atoms with E-state index in [0.29, 0.717) is 12.0 Å². The number of ether oxygens (including phenoxy) is 1. The van der Waals surface area contributed by atoms with Crippen LogP contribution < -0.4 is 9.21 Å². The van der Waals surface area contributed by atoms with E-state index in [4.69, 9.17) is 0 Å². The Hall–Kier alpha value is -2.22. The Morgan fingerprint density at radius 3 is 2.32 bits per heavy atom. The van der Waals surface area contributed by atoms with Gasteiger partial charge in [0.2, 0.25) is 10.0 Å². The summed E-state index contributed by atoms with van der Waals surface area (Å²) in [6.07, 6.45) is 1.80. The number of likely N-dealkylation sites (tertiary alicyclic amines) is 1. The molecule has 0 unspecified atom stereocenters. The molecule has 3 rings (SSSR count). The van der Waals surface area contributed by atoms with E-state index in [1.54, 1.807) is 24.3 Å². The molecule has 0 aromatic heterocycles. The van der Waals surface area contributed by atoms with Gasteiger partial charge in [-0.15, -0.1) is 0 Å². The average molecular weight is 404 g/mol. The Balaban J connectivity index is 1.50. The second-order valence-corrected chi connectivity index (χ2v) is 9.11. The Morgan fingerprint density at radius 1 is 1.07 bits per heavy atom. The molecule has 0 atom stereocenters. The molecule has 1 N–H and O–H groups in total. The highest BCUT2D eigenvalue weighted by Gasteiger charge is 2.37. The minimum absolute atomic E-state index is 0.111. The van der Waals surface area contributed by atoms with Crippen LogP contribution in [0.25, 0.3) is 0 Å². The van der Waals surface area contributed by atoms with E-state index in [1.165, 1.54) is 19.2 Å². The van der Waals surface area contributed by atoms with Crippen LogP contribution in [0.3, 0.4) is 0 Å². The lowest BCUT2D eigenvalue weighted by Gasteiger charge is -2.45. The number of quaternary nitrogens is 1. The zero-order valence-electron chi connectivity index (χ0n) is 16.1. The summed E-state index contributed by atoms with van der Waals surface area (Å²) in [6, 6.07) is 17.1. The lowest BCUT2D eigenvalue weighted by Crippen LogP contribution is -2.60. The van der Waals surface area contributed by atoms with Crippen molar-refractivity contribution in [3.05, 3.63) is 65.7 Å². The molecule has 0 amide bonds. The molecule has 28 heavy (non-hydrogen) atoms. The highest BCUT2D eigenvalue weighted by Crippen LogP contribution is 2.30. The molecular formula is C21H27N2O4S+. The molecule has 1 heterocycles. The predicted molar refractivity (Wildman–Crippen MR) is 110 cm³/mol. The minimum atomic E-state index is -3.35. The highest BCUT2D eigenvalue weighted by atomic mass is 32.2. The smallest absolute Gasteiger partial charge is 0.337 e. The van der Waals surface area contributed by atoms with Crippen LogP contribution in [0.1, 0.15) is 28.8 Å². The zero-order valence-corrected chi connectivity index (χ0v) is 17.0. The average Bonchev–Trinajstić information content (AvgIpc) is 2.69. The quantitative estimate of drug-likeness (QED) is 0.516. The summed E-state index contributed by atoms with van der Waals surface area (Å²) < 4.78 is 32.9. The number of nitrogens with one attached hydrogen (secondary N) is 1. The van der Waals surface area contributed by atoms with Gasteiger partial charge in [0.05, 0.1) is 38.1 Å². The molecule has 7 heteroatoms. The number of esters is 1. The van der Waals surface area contributed by atoms with Crippen LogP contribution >= 0.6 is 0 Å². The number of methoxy groups -OCH3 is 1. The minimum Gasteiger partial charge on any atom is -0.465 e. The van der Waals surface area contributed by atoms with Gasteiger partial charge in [-0.1, -0.05) is 30.3 Å². The number of para-hydroxylation sites is 1. The first kappa shape index (κ1) is 20.5. The number of nitrogens with zero attached hydrogens (tertiary/aromatic N) is 1. The van der Waals surface area contributed by atoms with Gasteiger partial charge in [-0.25, -0.2) is 17.9 Å². The van der Waals surface area contributed by atoms with Crippen LogP contribution in [0.15, 0.2) is 54.6 Å². The standard InChI is InChI=1S/C21H27N2O4S/c1-27-21(24)19-11-9-18(10-12-19)17-22-28(25,26)16-6-15-23(13-5-14-23)20-7-3-2-4-8-20/h2-4,7-12,22H,5-6,13-17H2,1H3/q+1. The zero-order chi connectivity index (χ0) is 20.0. The van der Waals surface area contributed by atoms with Crippen molar-refractivity contribution in [2.45, 2.75) is 19.4 Å². The summed E-state index contributed by atoms with van der Waals surface area (Å²) in [7, 11) is -2.02. The lowest BCUT2D eigenvalue weighted by molar-refractivity contribution is 0.0600. The second kappa shape index (κ2) is 8.86. The van der Waals surface area contributed by atoms with Crippen LogP contribution in [-0.2, 0) is 21.3 Å². The normalized spacial score (nSPS) is 15.6. The number of rotatable bonds is 9. The second-order valence-electron chi connectivity index (χ2n) is 7.19. The van der Waals surface area contributed by atoms with Crippen LogP contribution in [0, 0.1) is 0 Å². The van der Waals surface area contributed by atoms with Crippen molar-refractivity contribution in [2.24, 2.45) is 0 Å². The monoisotopic (exact) mass is 403 g/mol. The van der Waals surface area contributed by atoms with Gasteiger partial charge < -0.3 is 4.74 Å². The van der Waals surface area contributed by atoms with E-state index in [0.717, 1.165) is 29.7 Å². The van der Waals surface area contributed by atoms with Crippen molar-refractivity contribution < 1.29 is 17.9 Å². The fourth-order valence-electron chi connectivity index (χ4n) is 3.59. The largest absolute Gasteiger partial charge is 0.465 e. The Kier molecular flexibility index (Phi) is 6.49. The molecule has 0 aliphatic carbocycles. The number of carbonyl (C=O) groups excluding carboxylic acids is 1. The van der Waals surface area contributed by atoms with Crippen molar-refractivity contribution in [2.75, 3.05) is 32.5 Å². The van der Waals surface area contributed by atoms with Crippen LogP contribution in [0.2, 0.25) is 0 Å². The van der Waals surface area contributed by atoms with Gasteiger partial charge >= 0.3 is 5.97 Å². The maximum Gasteiger partial charge on any atom is 0.337 e. The molecule has 1 fully saturated rings. The van der Waals surface area contributed by atoms with Gasteiger partial charge in [0.25, 0.3) is 0 Å². The van der Waals surface area contributed by atoms with Crippen molar-refractivity contribution in [3.63, 3.8) is 0 Å². The molecule has 0 saturated carbocycles. The van der Waals surface area contributed by atoms with Gasteiger partial charge in [-0.05, 0) is 29.8 Å². The van der Waals surface area contributed by atoms with Gasteiger partial charge in [0.1, 0.15) is 5.69 Å². The van der Waals surface area contributed by atoms with Crippen molar-refractivity contribution in [1.29, 1.82) is 0 Å². The Morgan fingerprint density at radius 2 is 1.75 bits per heavy atom. The SMILES string of the molecule is COC(=O)c1ccc(CNS(=O)(=O)CCC[N+]2(c3ccccc3)CCC2)cc1. The van der Waals surface area contributed by atoms with E-state index in [9.17, 15) is 13.2 Å². The first-order valence-corrected chi connectivity index (χ1v) is 11.2. The van der Waals surface area contributed by atoms with E-state index < -0.39 is 16.0 Å². The summed E-state index contributed by atoms with van der Waals surface area (Å²) in [6.45, 7) is 3.19. The fraction of sp³-hybridized carbons (Fsp3) is 0.381. The number of benzene rings is 2. The predicted octanol–water partition coefficient (Wildman–Crippen LogP) is 2.69. The van der Waals surface area contributed by atoms with Gasteiger partial charge in [-0.2, -0.15) is 0 Å². The maximum atomic E-state index is 12.4. The van der Waals surface area contributed by atoms with Crippen molar-refractivity contribution >= 4 is 21.7 Å². The molecule has 6 nitrogen and oxygen atoms in total. The summed E-state index contributed by atoms with van der Waals surface area (Å²) in [4.78, 5) is 11.4. The Labute approximate surface area is 166 Å². The summed E-state index contributed by atoms with van der Waals surface area (Å²) in [5, 5.41) is 0. The maximum absolute atomic E-state index is 12.4. The van der Waals surface area contributed by atoms with E-state index >= 15 is 0 Å². The first-order chi connectivity index (χ1) is 13.4. The number of carbonyl (C=O) groups is 1. The van der Waals surface area contributed by atoms with Crippen LogP contribution in [-0.4, -0.2) is 46.9 Å². The van der Waals surface area contributed by atoms with Gasteiger partial charge in [0.15, 0.2) is 0 Å². The Bertz CT molecular complexity index is 892. The summed E-state index contributed by atoms with van der Waals surface area (Å²) in [5.74, 6) is -0.298. The van der Waals surface area contributed by atoms with Crippen molar-refractivity contribution in [3.8, 4) is 0 Å². The number of sulfonamides is 1. The lowest BCUT2D eigenvalue weighted by atomic mass is 10.1. The van der Waals surface area contributed by atoms with Gasteiger partial charge in [-0.3, -0.25) is 4.48 Å². The molecule has 0 bridgehead atoms. The molecular weight excluding hydrogens is 376 g/mol. The molecule has 2 aromatic rings. The molecule has 1 aliphatic heterocycles. The van der Waals surface area contributed by atoms with E-state index in [1.807, 2.05) is 18.2 Å². The molecule has 0 spiro atoms. The van der Waals surface area contributed by atoms with E-state index in [2.05, 4.69) is 21.6 Å². The number of hydrogen-bond acceptors (Lipinski definition) is 4. The topological polar surface area (TPSA) is 72.5 Å². The molecule has 1 aliphatic rings. The van der Waals surface area contributed by atoms with Crippen LogP contribution in [0.5, 0.6) is 0 Å². The first-order valence-electron chi connectivity index (χ1n) is 9.50. The molecule has 150 valence electrons. The summed E-state index contributed by atoms with van der Waals surface area (Å²) >= 11 is 0. The molecule has 0 radical (unpaired) electrons. The highest BCUT2D eigenvalue weighted by molar-refractivity contribution is 7.89. The van der Waals surface area contributed by atoms with E-state index in [-0.39, 0.29) is 12.3 Å². The molecule has 2 aromatic carbocycles. The summed E-state index contributed by atoms with van der Waals surface area (Å²) in [5.41, 5.74) is 2.51. The third-order valence-corrected chi connectivity index (χ3v) is 6.76. The third-order valence-electron chi connectivity index (χ3n) is 5.35. The number of hydrogen-bond donors (Lipinski definition) is 1. The fourth-order valence-corrected chi connectivity index (χ4v) is 4.63.